The largest absolute Gasteiger partial charge is 0.504 e. The van der Waals surface area contributed by atoms with Gasteiger partial charge in [-0.1, -0.05) is 42.5 Å². The van der Waals surface area contributed by atoms with Gasteiger partial charge in [0.1, 0.15) is 0 Å². The van der Waals surface area contributed by atoms with Crippen LogP contribution >= 0.6 is 0 Å². The van der Waals surface area contributed by atoms with Crippen LogP contribution in [0.15, 0.2) is 54.6 Å². The standard InChI is InChI=1S/C18H16O2/c1-12-7-9-15(16-6-4-3-5-14(12)16)13-8-10-18(20-2)17(19)11-13/h3-11,19H,1-2H3. The summed E-state index contributed by atoms with van der Waals surface area (Å²) in [6.07, 6.45) is 0. The predicted molar refractivity (Wildman–Crippen MR) is 82.3 cm³/mol. The normalized spacial score (nSPS) is 10.7. The van der Waals surface area contributed by atoms with E-state index in [9.17, 15) is 5.11 Å². The fourth-order valence-corrected chi connectivity index (χ4v) is 2.56. The molecule has 0 aliphatic carbocycles. The van der Waals surface area contributed by atoms with Gasteiger partial charge < -0.3 is 9.84 Å². The summed E-state index contributed by atoms with van der Waals surface area (Å²) in [6.45, 7) is 2.11. The Morgan fingerprint density at radius 3 is 2.35 bits per heavy atom. The lowest BCUT2D eigenvalue weighted by molar-refractivity contribution is 0.373. The monoisotopic (exact) mass is 264 g/mol. The van der Waals surface area contributed by atoms with E-state index in [0.29, 0.717) is 5.75 Å². The van der Waals surface area contributed by atoms with Gasteiger partial charge in [0.05, 0.1) is 7.11 Å². The molecule has 0 saturated heterocycles. The second kappa shape index (κ2) is 4.89. The zero-order valence-electron chi connectivity index (χ0n) is 11.6. The second-order valence-corrected chi connectivity index (χ2v) is 4.86. The minimum atomic E-state index is 0.162. The molecule has 0 aliphatic rings. The van der Waals surface area contributed by atoms with Gasteiger partial charge in [0, 0.05) is 0 Å². The molecule has 0 radical (unpaired) electrons. The third-order valence-corrected chi connectivity index (χ3v) is 3.63. The Hall–Kier alpha value is -2.48. The topological polar surface area (TPSA) is 29.5 Å². The Labute approximate surface area is 118 Å². The van der Waals surface area contributed by atoms with Crippen LogP contribution in [0, 0.1) is 6.92 Å². The Morgan fingerprint density at radius 1 is 0.900 bits per heavy atom. The van der Waals surface area contributed by atoms with Crippen LogP contribution < -0.4 is 4.74 Å². The van der Waals surface area contributed by atoms with Gasteiger partial charge in [0.25, 0.3) is 0 Å². The van der Waals surface area contributed by atoms with Crippen molar-refractivity contribution in [2.45, 2.75) is 6.92 Å². The van der Waals surface area contributed by atoms with Crippen molar-refractivity contribution < 1.29 is 9.84 Å². The van der Waals surface area contributed by atoms with Gasteiger partial charge >= 0.3 is 0 Å². The van der Waals surface area contributed by atoms with Gasteiger partial charge in [-0.05, 0) is 46.5 Å². The van der Waals surface area contributed by atoms with Gasteiger partial charge in [-0.2, -0.15) is 0 Å². The van der Waals surface area contributed by atoms with Crippen molar-refractivity contribution in [1.29, 1.82) is 0 Å². The zero-order chi connectivity index (χ0) is 14.1. The Bertz CT molecular complexity index is 775. The van der Waals surface area contributed by atoms with E-state index in [4.69, 9.17) is 4.74 Å². The molecule has 3 aromatic rings. The molecule has 0 unspecified atom stereocenters. The van der Waals surface area contributed by atoms with E-state index in [1.807, 2.05) is 18.2 Å². The van der Waals surface area contributed by atoms with Crippen molar-refractivity contribution in [2.24, 2.45) is 0 Å². The first kappa shape index (κ1) is 12.5. The van der Waals surface area contributed by atoms with Crippen LogP contribution in [0.4, 0.5) is 0 Å². The van der Waals surface area contributed by atoms with Crippen LogP contribution in [0.3, 0.4) is 0 Å². The van der Waals surface area contributed by atoms with Gasteiger partial charge in [-0.15, -0.1) is 0 Å². The Morgan fingerprint density at radius 2 is 1.65 bits per heavy atom. The zero-order valence-corrected chi connectivity index (χ0v) is 11.6. The van der Waals surface area contributed by atoms with E-state index in [2.05, 4.69) is 31.2 Å². The minimum absolute atomic E-state index is 0.162. The molecule has 0 atom stereocenters. The molecular weight excluding hydrogens is 248 g/mol. The van der Waals surface area contributed by atoms with Gasteiger partial charge in [0.2, 0.25) is 0 Å². The molecule has 2 heteroatoms. The molecule has 3 aromatic carbocycles. The van der Waals surface area contributed by atoms with Crippen molar-refractivity contribution in [3.8, 4) is 22.6 Å². The maximum atomic E-state index is 9.95. The van der Waals surface area contributed by atoms with Crippen molar-refractivity contribution in [3.63, 3.8) is 0 Å². The number of phenols is 1. The van der Waals surface area contributed by atoms with E-state index >= 15 is 0 Å². The van der Waals surface area contributed by atoms with E-state index in [-0.39, 0.29) is 5.75 Å². The minimum Gasteiger partial charge on any atom is -0.504 e. The third-order valence-electron chi connectivity index (χ3n) is 3.63. The van der Waals surface area contributed by atoms with Crippen LogP contribution in [-0.4, -0.2) is 12.2 Å². The molecular formula is C18H16O2. The van der Waals surface area contributed by atoms with E-state index in [0.717, 1.165) is 11.1 Å². The average Bonchev–Trinajstić information content (AvgIpc) is 2.48. The van der Waals surface area contributed by atoms with Gasteiger partial charge in [0.15, 0.2) is 11.5 Å². The highest BCUT2D eigenvalue weighted by Gasteiger charge is 2.08. The number of ether oxygens (including phenoxy) is 1. The van der Waals surface area contributed by atoms with Crippen molar-refractivity contribution in [2.75, 3.05) is 7.11 Å². The number of benzene rings is 3. The first-order valence-electron chi connectivity index (χ1n) is 6.56. The molecule has 1 N–H and O–H groups in total. The highest BCUT2D eigenvalue weighted by atomic mass is 16.5. The summed E-state index contributed by atoms with van der Waals surface area (Å²) in [5.74, 6) is 0.653. The van der Waals surface area contributed by atoms with Crippen molar-refractivity contribution >= 4 is 10.8 Å². The molecule has 100 valence electrons. The molecule has 0 amide bonds. The summed E-state index contributed by atoms with van der Waals surface area (Å²) in [7, 11) is 1.55. The van der Waals surface area contributed by atoms with Crippen molar-refractivity contribution in [1.82, 2.24) is 0 Å². The quantitative estimate of drug-likeness (QED) is 0.737. The number of aryl methyl sites for hydroxylation is 1. The number of aromatic hydroxyl groups is 1. The molecule has 0 heterocycles. The summed E-state index contributed by atoms with van der Waals surface area (Å²) in [5.41, 5.74) is 3.35. The number of methoxy groups -OCH3 is 1. The first-order chi connectivity index (χ1) is 9.70. The molecule has 0 fully saturated rings. The second-order valence-electron chi connectivity index (χ2n) is 4.86. The molecule has 0 aromatic heterocycles. The smallest absolute Gasteiger partial charge is 0.160 e. The molecule has 0 saturated carbocycles. The fourth-order valence-electron chi connectivity index (χ4n) is 2.56. The third kappa shape index (κ3) is 1.99. The first-order valence-corrected chi connectivity index (χ1v) is 6.56. The molecule has 20 heavy (non-hydrogen) atoms. The number of hydrogen-bond acceptors (Lipinski definition) is 2. The summed E-state index contributed by atoms with van der Waals surface area (Å²) < 4.78 is 5.09. The van der Waals surface area contributed by atoms with E-state index in [1.165, 1.54) is 16.3 Å². The molecule has 3 rings (SSSR count). The Kier molecular flexibility index (Phi) is 3.07. The predicted octanol–water partition coefficient (Wildman–Crippen LogP) is 4.53. The lowest BCUT2D eigenvalue weighted by Gasteiger charge is -2.11. The summed E-state index contributed by atoms with van der Waals surface area (Å²) >= 11 is 0. The molecule has 2 nitrogen and oxygen atoms in total. The highest BCUT2D eigenvalue weighted by Crippen LogP contribution is 2.35. The number of phenolic OH excluding ortho intramolecular Hbond substituents is 1. The lowest BCUT2D eigenvalue weighted by atomic mass is 9.95. The summed E-state index contributed by atoms with van der Waals surface area (Å²) in [5, 5.41) is 12.4. The lowest BCUT2D eigenvalue weighted by Crippen LogP contribution is -1.87. The molecule has 0 aliphatic heterocycles. The van der Waals surface area contributed by atoms with E-state index in [1.54, 1.807) is 19.2 Å². The molecule has 0 bridgehead atoms. The van der Waals surface area contributed by atoms with Crippen molar-refractivity contribution in [3.05, 3.63) is 60.2 Å². The number of fused-ring (bicyclic) bond motifs is 1. The van der Waals surface area contributed by atoms with Gasteiger partial charge in [-0.25, -0.2) is 0 Å². The van der Waals surface area contributed by atoms with Crippen LogP contribution in [0.5, 0.6) is 11.5 Å². The fraction of sp³-hybridized carbons (Fsp3) is 0.111. The maximum Gasteiger partial charge on any atom is 0.160 e. The van der Waals surface area contributed by atoms with Crippen LogP contribution in [-0.2, 0) is 0 Å². The summed E-state index contributed by atoms with van der Waals surface area (Å²) in [4.78, 5) is 0. The van der Waals surface area contributed by atoms with Crippen LogP contribution in [0.1, 0.15) is 5.56 Å². The van der Waals surface area contributed by atoms with Gasteiger partial charge in [-0.3, -0.25) is 0 Å². The molecule has 0 spiro atoms. The van der Waals surface area contributed by atoms with Crippen LogP contribution in [0.2, 0.25) is 0 Å². The maximum absolute atomic E-state index is 9.95. The SMILES string of the molecule is COc1ccc(-c2ccc(C)c3ccccc23)cc1O. The summed E-state index contributed by atoms with van der Waals surface area (Å²) in [6, 6.07) is 18.0. The number of rotatable bonds is 2. The highest BCUT2D eigenvalue weighted by molar-refractivity contribution is 5.98. The van der Waals surface area contributed by atoms with Crippen LogP contribution in [0.25, 0.3) is 21.9 Å². The number of hydrogen-bond donors (Lipinski definition) is 1. The average molecular weight is 264 g/mol. The van der Waals surface area contributed by atoms with E-state index < -0.39 is 0 Å². The Balaban J connectivity index is 2.25.